The lowest BCUT2D eigenvalue weighted by Gasteiger charge is -2.12. The van der Waals surface area contributed by atoms with Crippen molar-refractivity contribution in [1.82, 2.24) is 24.9 Å². The minimum absolute atomic E-state index is 0.0970. The second-order valence-corrected chi connectivity index (χ2v) is 10.1. The van der Waals surface area contributed by atoms with Crippen LogP contribution in [0, 0.1) is 0 Å². The van der Waals surface area contributed by atoms with E-state index >= 15 is 0 Å². The minimum Gasteiger partial charge on any atom is -0.366 e. The summed E-state index contributed by atoms with van der Waals surface area (Å²) in [5, 5.41) is 12.6. The Bertz CT molecular complexity index is 1780. The molecule has 7 nitrogen and oxygen atoms in total. The third kappa shape index (κ3) is 4.88. The van der Waals surface area contributed by atoms with Crippen molar-refractivity contribution in [3.63, 3.8) is 0 Å². The lowest BCUT2D eigenvalue weighted by molar-refractivity contribution is 0.0951. The van der Waals surface area contributed by atoms with Gasteiger partial charge in [0.25, 0.3) is 5.91 Å². The third-order valence-electron chi connectivity index (χ3n) is 6.34. The number of nitrogens with one attached hydrogen (secondary N) is 3. The van der Waals surface area contributed by atoms with Crippen LogP contribution in [0.15, 0.2) is 95.7 Å². The molecule has 3 heterocycles. The largest absolute Gasteiger partial charge is 0.366 e. The van der Waals surface area contributed by atoms with E-state index in [1.165, 1.54) is 0 Å². The number of anilines is 1. The number of hydrogen-bond acceptors (Lipinski definition) is 4. The first-order chi connectivity index (χ1) is 18.5. The van der Waals surface area contributed by atoms with E-state index < -0.39 is 0 Å². The van der Waals surface area contributed by atoms with Crippen LogP contribution in [0.3, 0.4) is 0 Å². The predicted octanol–water partition coefficient (Wildman–Crippen LogP) is 6.84. The summed E-state index contributed by atoms with van der Waals surface area (Å²) in [6.45, 7) is 1.03. The van der Waals surface area contributed by atoms with Crippen molar-refractivity contribution in [3.8, 4) is 11.3 Å². The normalized spacial score (nSPS) is 11.2. The maximum absolute atomic E-state index is 12.6. The summed E-state index contributed by atoms with van der Waals surface area (Å²) < 4.78 is 2.56. The molecule has 9 heteroatoms. The van der Waals surface area contributed by atoms with E-state index in [0.717, 1.165) is 43.6 Å². The molecule has 0 saturated heterocycles. The van der Waals surface area contributed by atoms with Crippen LogP contribution in [0.4, 0.5) is 5.82 Å². The summed E-state index contributed by atoms with van der Waals surface area (Å²) in [7, 11) is 0. The van der Waals surface area contributed by atoms with E-state index in [0.29, 0.717) is 29.3 Å². The van der Waals surface area contributed by atoms with Gasteiger partial charge in [0.1, 0.15) is 5.82 Å². The molecule has 0 aliphatic carbocycles. The molecule has 3 aromatic heterocycles. The molecular weight excluding hydrogens is 564 g/mol. The first kappa shape index (κ1) is 24.2. The summed E-state index contributed by atoms with van der Waals surface area (Å²) in [6, 6.07) is 25.3. The Balaban J connectivity index is 1.14. The molecule has 188 valence electrons. The van der Waals surface area contributed by atoms with Crippen LogP contribution in [0.25, 0.3) is 27.8 Å². The van der Waals surface area contributed by atoms with Crippen LogP contribution < -0.4 is 10.6 Å². The molecule has 0 fully saturated rings. The Morgan fingerprint density at radius 1 is 0.974 bits per heavy atom. The van der Waals surface area contributed by atoms with Crippen molar-refractivity contribution in [2.45, 2.75) is 13.1 Å². The molecule has 3 aromatic carbocycles. The second-order valence-electron chi connectivity index (χ2n) is 8.87. The molecule has 0 radical (unpaired) electrons. The SMILES string of the molecule is O=C(NCc1ccc(CNc2cc(-c3ccccc3Cl)nc3c(Br)cnn23)cc1)c1ccc2[nH]ccc2c1. The third-order valence-corrected chi connectivity index (χ3v) is 7.23. The molecule has 6 aromatic rings. The van der Waals surface area contributed by atoms with Gasteiger partial charge >= 0.3 is 0 Å². The fourth-order valence-corrected chi connectivity index (χ4v) is 4.90. The zero-order chi connectivity index (χ0) is 26.1. The van der Waals surface area contributed by atoms with Gasteiger partial charge in [-0.15, -0.1) is 0 Å². The molecule has 38 heavy (non-hydrogen) atoms. The van der Waals surface area contributed by atoms with E-state index in [4.69, 9.17) is 16.6 Å². The topological polar surface area (TPSA) is 87.1 Å². The van der Waals surface area contributed by atoms with Gasteiger partial charge in [0.05, 0.1) is 16.4 Å². The van der Waals surface area contributed by atoms with Gasteiger partial charge in [0, 0.05) is 52.4 Å². The molecule has 3 N–H and O–H groups in total. The number of nitrogens with zero attached hydrogens (tertiary/aromatic N) is 3. The van der Waals surface area contributed by atoms with Crippen molar-refractivity contribution in [3.05, 3.63) is 117 Å². The maximum atomic E-state index is 12.6. The highest BCUT2D eigenvalue weighted by Gasteiger charge is 2.13. The number of benzene rings is 3. The van der Waals surface area contributed by atoms with Crippen molar-refractivity contribution in [2.75, 3.05) is 5.32 Å². The van der Waals surface area contributed by atoms with Gasteiger partial charge in [0.2, 0.25) is 0 Å². The Hall–Kier alpha value is -4.14. The molecule has 0 saturated carbocycles. The fourth-order valence-electron chi connectivity index (χ4n) is 4.32. The molecular formula is C29H22BrClN6O. The molecule has 0 unspecified atom stereocenters. The van der Waals surface area contributed by atoms with E-state index in [1.54, 1.807) is 10.7 Å². The highest BCUT2D eigenvalue weighted by molar-refractivity contribution is 9.10. The van der Waals surface area contributed by atoms with Gasteiger partial charge in [-0.3, -0.25) is 4.79 Å². The Kier molecular flexibility index (Phi) is 6.57. The van der Waals surface area contributed by atoms with Crippen LogP contribution in [-0.4, -0.2) is 25.5 Å². The second kappa shape index (κ2) is 10.3. The van der Waals surface area contributed by atoms with E-state index in [1.807, 2.05) is 85.1 Å². The molecule has 0 aliphatic heterocycles. The standard InChI is InChI=1S/C29H22BrClN6O/c30-23-17-35-37-27(14-26(36-28(23)37)22-3-1-2-4-24(22)31)33-15-18-5-7-19(8-6-18)16-34-29(38)21-9-10-25-20(13-21)11-12-32-25/h1-14,17,32-33H,15-16H2,(H,34,38). The minimum atomic E-state index is -0.0970. The van der Waals surface area contributed by atoms with E-state index in [-0.39, 0.29) is 5.91 Å². The first-order valence-electron chi connectivity index (χ1n) is 12.0. The maximum Gasteiger partial charge on any atom is 0.251 e. The van der Waals surface area contributed by atoms with Gasteiger partial charge < -0.3 is 15.6 Å². The number of aromatic amines is 1. The zero-order valence-corrected chi connectivity index (χ0v) is 22.4. The quantitative estimate of drug-likeness (QED) is 0.192. The van der Waals surface area contributed by atoms with Gasteiger partial charge in [-0.25, -0.2) is 4.98 Å². The number of carbonyl (C=O) groups is 1. The average Bonchev–Trinajstić information content (AvgIpc) is 3.57. The van der Waals surface area contributed by atoms with E-state index in [2.05, 4.69) is 36.6 Å². The summed E-state index contributed by atoms with van der Waals surface area (Å²) in [5.41, 5.74) is 6.08. The van der Waals surface area contributed by atoms with Gasteiger partial charge in [-0.2, -0.15) is 9.61 Å². The summed E-state index contributed by atoms with van der Waals surface area (Å²) in [4.78, 5) is 20.5. The number of rotatable bonds is 7. The predicted molar refractivity (Wildman–Crippen MR) is 154 cm³/mol. The summed E-state index contributed by atoms with van der Waals surface area (Å²) >= 11 is 9.98. The Morgan fingerprint density at radius 3 is 2.58 bits per heavy atom. The van der Waals surface area contributed by atoms with Crippen LogP contribution in [0.2, 0.25) is 5.02 Å². The Morgan fingerprint density at radius 2 is 1.76 bits per heavy atom. The van der Waals surface area contributed by atoms with E-state index in [9.17, 15) is 4.79 Å². The number of amides is 1. The monoisotopic (exact) mass is 584 g/mol. The van der Waals surface area contributed by atoms with Crippen LogP contribution in [0.5, 0.6) is 0 Å². The number of fused-ring (bicyclic) bond motifs is 2. The van der Waals surface area contributed by atoms with Crippen molar-refractivity contribution >= 4 is 55.8 Å². The fraction of sp³-hybridized carbons (Fsp3) is 0.0690. The number of halogens is 2. The summed E-state index contributed by atoms with van der Waals surface area (Å²) in [6.07, 6.45) is 3.59. The van der Waals surface area contributed by atoms with Crippen molar-refractivity contribution in [2.24, 2.45) is 0 Å². The van der Waals surface area contributed by atoms with Gasteiger partial charge in [-0.05, 0) is 57.4 Å². The molecule has 0 bridgehead atoms. The van der Waals surface area contributed by atoms with Crippen LogP contribution in [0.1, 0.15) is 21.5 Å². The number of hydrogen-bond donors (Lipinski definition) is 3. The first-order valence-corrected chi connectivity index (χ1v) is 13.2. The molecule has 6 rings (SSSR count). The van der Waals surface area contributed by atoms with Crippen molar-refractivity contribution in [1.29, 1.82) is 0 Å². The van der Waals surface area contributed by atoms with Crippen LogP contribution in [-0.2, 0) is 13.1 Å². The van der Waals surface area contributed by atoms with Crippen LogP contribution >= 0.6 is 27.5 Å². The molecule has 0 spiro atoms. The van der Waals surface area contributed by atoms with Crippen molar-refractivity contribution < 1.29 is 4.79 Å². The van der Waals surface area contributed by atoms with Gasteiger partial charge in [0.15, 0.2) is 5.65 Å². The number of H-pyrrole nitrogens is 1. The van der Waals surface area contributed by atoms with Gasteiger partial charge in [-0.1, -0.05) is 54.1 Å². The number of aromatic nitrogens is 4. The molecule has 0 atom stereocenters. The molecule has 1 amide bonds. The lowest BCUT2D eigenvalue weighted by Crippen LogP contribution is -2.22. The highest BCUT2D eigenvalue weighted by Crippen LogP contribution is 2.30. The smallest absolute Gasteiger partial charge is 0.251 e. The molecule has 0 aliphatic rings. The zero-order valence-electron chi connectivity index (χ0n) is 20.1. The lowest BCUT2D eigenvalue weighted by atomic mass is 10.1. The number of carbonyl (C=O) groups excluding carboxylic acids is 1. The average molecular weight is 586 g/mol. The Labute approximate surface area is 232 Å². The highest BCUT2D eigenvalue weighted by atomic mass is 79.9. The summed E-state index contributed by atoms with van der Waals surface area (Å²) in [5.74, 6) is 0.701.